The van der Waals surface area contributed by atoms with Gasteiger partial charge in [0.05, 0.1) is 22.3 Å². The Balaban J connectivity index is 1.42. The van der Waals surface area contributed by atoms with Crippen LogP contribution in [0.2, 0.25) is 0 Å². The monoisotopic (exact) mass is 406 g/mol. The van der Waals surface area contributed by atoms with Crippen molar-refractivity contribution < 1.29 is 17.6 Å². The number of aromatic nitrogens is 3. The van der Waals surface area contributed by atoms with Gasteiger partial charge in [-0.25, -0.2) is 8.42 Å². The van der Waals surface area contributed by atoms with Crippen LogP contribution in [0.5, 0.6) is 0 Å². The van der Waals surface area contributed by atoms with E-state index in [1.54, 1.807) is 6.92 Å². The largest absolute Gasteiger partial charge is 0.411 e. The molecule has 1 amide bonds. The lowest BCUT2D eigenvalue weighted by molar-refractivity contribution is -0.120. The standard InChI is InChI=1S/C17H18N4O4S2/c1-10(15(22)19-11-6-7-27(23,24)9-11)26-17-21-20-16(25-17)13-8-18-14-5-3-2-4-12(13)14/h2-5,8,10-11,18H,6-7,9H2,1H3,(H,19,22)/t10-,11-/m1/s1. The number of benzene rings is 1. The Morgan fingerprint density at radius 1 is 1.37 bits per heavy atom. The third-order valence-corrected chi connectivity index (χ3v) is 7.15. The first-order chi connectivity index (χ1) is 12.9. The highest BCUT2D eigenvalue weighted by molar-refractivity contribution is 8.00. The van der Waals surface area contributed by atoms with Gasteiger partial charge in [-0.05, 0) is 19.4 Å². The molecule has 142 valence electrons. The van der Waals surface area contributed by atoms with Crippen molar-refractivity contribution in [3.8, 4) is 11.5 Å². The zero-order valence-electron chi connectivity index (χ0n) is 14.5. The van der Waals surface area contributed by atoms with E-state index in [1.807, 2.05) is 30.5 Å². The predicted octanol–water partition coefficient (Wildman–Crippen LogP) is 2.00. The number of sulfone groups is 1. The number of fused-ring (bicyclic) bond motifs is 1. The van der Waals surface area contributed by atoms with Crippen molar-refractivity contribution in [3.63, 3.8) is 0 Å². The molecule has 1 fully saturated rings. The third kappa shape index (κ3) is 3.86. The number of para-hydroxylation sites is 1. The minimum absolute atomic E-state index is 0.00138. The normalized spacial score (nSPS) is 20.0. The number of hydrogen-bond donors (Lipinski definition) is 2. The first-order valence-corrected chi connectivity index (χ1v) is 11.2. The molecule has 0 spiro atoms. The molecule has 27 heavy (non-hydrogen) atoms. The number of hydrogen-bond acceptors (Lipinski definition) is 7. The quantitative estimate of drug-likeness (QED) is 0.622. The van der Waals surface area contributed by atoms with E-state index in [0.717, 1.165) is 28.2 Å². The van der Waals surface area contributed by atoms with Crippen LogP contribution < -0.4 is 5.32 Å². The molecule has 0 aliphatic carbocycles. The van der Waals surface area contributed by atoms with Gasteiger partial charge in [-0.3, -0.25) is 4.79 Å². The van der Waals surface area contributed by atoms with Crippen molar-refractivity contribution in [2.75, 3.05) is 11.5 Å². The summed E-state index contributed by atoms with van der Waals surface area (Å²) in [5, 5.41) is 11.7. The molecule has 2 atom stereocenters. The van der Waals surface area contributed by atoms with Gasteiger partial charge >= 0.3 is 0 Å². The first kappa shape index (κ1) is 18.1. The average Bonchev–Trinajstić information content (AvgIpc) is 3.33. The summed E-state index contributed by atoms with van der Waals surface area (Å²) in [5.74, 6) is 0.261. The van der Waals surface area contributed by atoms with Crippen molar-refractivity contribution in [2.24, 2.45) is 0 Å². The van der Waals surface area contributed by atoms with E-state index < -0.39 is 15.1 Å². The van der Waals surface area contributed by atoms with Crippen molar-refractivity contribution >= 4 is 38.4 Å². The van der Waals surface area contributed by atoms with Gasteiger partial charge < -0.3 is 14.7 Å². The van der Waals surface area contributed by atoms with Gasteiger partial charge in [0.25, 0.3) is 11.1 Å². The number of carbonyl (C=O) groups is 1. The molecule has 1 aliphatic heterocycles. The topological polar surface area (TPSA) is 118 Å². The Bertz CT molecular complexity index is 1090. The lowest BCUT2D eigenvalue weighted by Crippen LogP contribution is -2.39. The Kier molecular flexibility index (Phi) is 4.68. The maximum atomic E-state index is 12.3. The second-order valence-corrected chi connectivity index (χ2v) is 10.0. The fraction of sp³-hybridized carbons (Fsp3) is 0.353. The maximum absolute atomic E-state index is 12.3. The molecular weight excluding hydrogens is 388 g/mol. The SMILES string of the molecule is C[C@@H](Sc1nnc(-c2c[nH]c3ccccc23)o1)C(=O)N[C@@H]1CCS(=O)(=O)C1. The molecule has 2 aromatic heterocycles. The Morgan fingerprint density at radius 3 is 2.96 bits per heavy atom. The van der Waals surface area contributed by atoms with Crippen LogP contribution in [0.1, 0.15) is 13.3 Å². The summed E-state index contributed by atoms with van der Waals surface area (Å²) < 4.78 is 28.7. The van der Waals surface area contributed by atoms with E-state index >= 15 is 0 Å². The number of aromatic amines is 1. The highest BCUT2D eigenvalue weighted by Crippen LogP contribution is 2.30. The van der Waals surface area contributed by atoms with Gasteiger partial charge in [-0.1, -0.05) is 30.0 Å². The third-order valence-electron chi connectivity index (χ3n) is 4.45. The van der Waals surface area contributed by atoms with Crippen LogP contribution in [0.4, 0.5) is 0 Å². The van der Waals surface area contributed by atoms with Gasteiger partial charge in [-0.15, -0.1) is 10.2 Å². The van der Waals surface area contributed by atoms with Crippen LogP contribution >= 0.6 is 11.8 Å². The number of nitrogens with zero attached hydrogens (tertiary/aromatic N) is 2. The first-order valence-electron chi connectivity index (χ1n) is 8.49. The van der Waals surface area contributed by atoms with Crippen LogP contribution in [-0.4, -0.2) is 52.3 Å². The summed E-state index contributed by atoms with van der Waals surface area (Å²) in [5.41, 5.74) is 1.78. The minimum atomic E-state index is -3.03. The molecule has 3 aromatic rings. The molecule has 0 saturated carbocycles. The summed E-state index contributed by atoms with van der Waals surface area (Å²) in [4.78, 5) is 15.5. The number of rotatable bonds is 5. The van der Waals surface area contributed by atoms with Crippen LogP contribution in [0.25, 0.3) is 22.4 Å². The smallest absolute Gasteiger partial charge is 0.277 e. The maximum Gasteiger partial charge on any atom is 0.277 e. The Morgan fingerprint density at radius 2 is 2.19 bits per heavy atom. The van der Waals surface area contributed by atoms with Crippen LogP contribution in [0, 0.1) is 0 Å². The molecule has 0 unspecified atom stereocenters. The van der Waals surface area contributed by atoms with Gasteiger partial charge in [0.1, 0.15) is 0 Å². The lowest BCUT2D eigenvalue weighted by Gasteiger charge is -2.14. The summed E-state index contributed by atoms with van der Waals surface area (Å²) in [6.07, 6.45) is 2.26. The zero-order valence-corrected chi connectivity index (χ0v) is 16.1. The van der Waals surface area contributed by atoms with Crippen molar-refractivity contribution in [1.82, 2.24) is 20.5 Å². The van der Waals surface area contributed by atoms with Crippen molar-refractivity contribution in [2.45, 2.75) is 29.9 Å². The number of carbonyl (C=O) groups excluding carboxylic acids is 1. The molecule has 3 heterocycles. The second kappa shape index (κ2) is 7.01. The van der Waals surface area contributed by atoms with E-state index in [1.165, 1.54) is 0 Å². The molecule has 2 N–H and O–H groups in total. The van der Waals surface area contributed by atoms with E-state index in [-0.39, 0.29) is 28.7 Å². The lowest BCUT2D eigenvalue weighted by atomic mass is 10.2. The molecule has 10 heteroatoms. The van der Waals surface area contributed by atoms with E-state index in [9.17, 15) is 13.2 Å². The van der Waals surface area contributed by atoms with Gasteiger partial charge in [-0.2, -0.15) is 0 Å². The number of amides is 1. The Hall–Kier alpha value is -2.33. The van der Waals surface area contributed by atoms with Crippen LogP contribution in [0.3, 0.4) is 0 Å². The van der Waals surface area contributed by atoms with Gasteiger partial charge in [0, 0.05) is 23.1 Å². The van der Waals surface area contributed by atoms with Gasteiger partial charge in [0.2, 0.25) is 5.91 Å². The molecule has 0 radical (unpaired) electrons. The van der Waals surface area contributed by atoms with Gasteiger partial charge in [0.15, 0.2) is 9.84 Å². The number of thioether (sulfide) groups is 1. The number of H-pyrrole nitrogens is 1. The van der Waals surface area contributed by atoms with E-state index in [2.05, 4.69) is 20.5 Å². The summed E-state index contributed by atoms with van der Waals surface area (Å²) >= 11 is 1.15. The van der Waals surface area contributed by atoms with E-state index in [0.29, 0.717) is 12.3 Å². The summed E-state index contributed by atoms with van der Waals surface area (Å²) in [6.45, 7) is 1.72. The molecule has 1 saturated heterocycles. The molecule has 4 rings (SSSR count). The summed E-state index contributed by atoms with van der Waals surface area (Å²) in [7, 11) is -3.03. The molecule has 0 bridgehead atoms. The second-order valence-electron chi connectivity index (χ2n) is 6.49. The fourth-order valence-electron chi connectivity index (χ4n) is 3.05. The fourth-order valence-corrected chi connectivity index (χ4v) is 5.41. The highest BCUT2D eigenvalue weighted by atomic mass is 32.2. The zero-order chi connectivity index (χ0) is 19.0. The molecular formula is C17H18N4O4S2. The molecule has 1 aliphatic rings. The van der Waals surface area contributed by atoms with Crippen LogP contribution in [-0.2, 0) is 14.6 Å². The molecule has 8 nitrogen and oxygen atoms in total. The van der Waals surface area contributed by atoms with E-state index in [4.69, 9.17) is 4.42 Å². The Labute approximate surface area is 160 Å². The van der Waals surface area contributed by atoms with Crippen molar-refractivity contribution in [3.05, 3.63) is 30.5 Å². The minimum Gasteiger partial charge on any atom is -0.411 e. The number of nitrogens with one attached hydrogen (secondary N) is 2. The molecule has 1 aromatic carbocycles. The summed E-state index contributed by atoms with van der Waals surface area (Å²) in [6, 6.07) is 7.47. The average molecular weight is 406 g/mol. The van der Waals surface area contributed by atoms with Crippen LogP contribution in [0.15, 0.2) is 40.1 Å². The van der Waals surface area contributed by atoms with Crippen molar-refractivity contribution in [1.29, 1.82) is 0 Å². The highest BCUT2D eigenvalue weighted by Gasteiger charge is 2.30. The predicted molar refractivity (Wildman–Crippen MR) is 102 cm³/mol.